The maximum Gasteiger partial charge on any atom is -0.00205 e. The zero-order valence-corrected chi connectivity index (χ0v) is 9.69. The summed E-state index contributed by atoms with van der Waals surface area (Å²) in [5.74, 6) is 1.86. The third-order valence-corrected chi connectivity index (χ3v) is 3.23. The van der Waals surface area contributed by atoms with Gasteiger partial charge < -0.3 is 5.32 Å². The highest BCUT2D eigenvalue weighted by atomic mass is 14.9. The molecule has 1 N–H and O–H groups in total. The number of piperidine rings is 1. The van der Waals surface area contributed by atoms with Crippen LogP contribution in [0.3, 0.4) is 0 Å². The summed E-state index contributed by atoms with van der Waals surface area (Å²) in [5, 5.41) is 3.46. The first-order chi connectivity index (χ1) is 5.99. The summed E-state index contributed by atoms with van der Waals surface area (Å²) in [5.41, 5.74) is 0.518. The van der Waals surface area contributed by atoms with Crippen molar-refractivity contribution in [1.29, 1.82) is 0 Å². The van der Waals surface area contributed by atoms with E-state index in [2.05, 4.69) is 33.0 Å². The van der Waals surface area contributed by atoms with Crippen molar-refractivity contribution in [1.82, 2.24) is 5.32 Å². The van der Waals surface area contributed by atoms with Crippen molar-refractivity contribution in [3.63, 3.8) is 0 Å². The Hall–Kier alpha value is -0.0400. The first kappa shape index (κ1) is 11.0. The predicted octanol–water partition coefficient (Wildman–Crippen LogP) is 3.06. The Balaban J connectivity index is 2.27. The molecule has 1 saturated heterocycles. The summed E-state index contributed by atoms with van der Waals surface area (Å²) in [4.78, 5) is 0. The van der Waals surface area contributed by atoms with E-state index in [1.807, 2.05) is 0 Å². The van der Waals surface area contributed by atoms with Crippen molar-refractivity contribution in [2.24, 2.45) is 17.3 Å². The third-order valence-electron chi connectivity index (χ3n) is 3.23. The summed E-state index contributed by atoms with van der Waals surface area (Å²) >= 11 is 0. The van der Waals surface area contributed by atoms with Crippen LogP contribution in [0.15, 0.2) is 0 Å². The van der Waals surface area contributed by atoms with E-state index >= 15 is 0 Å². The van der Waals surface area contributed by atoms with Crippen molar-refractivity contribution >= 4 is 0 Å². The third kappa shape index (κ3) is 4.12. The molecule has 0 saturated carbocycles. The van der Waals surface area contributed by atoms with Crippen LogP contribution in [0, 0.1) is 17.3 Å². The van der Waals surface area contributed by atoms with Crippen molar-refractivity contribution in [3.05, 3.63) is 0 Å². The first-order valence-electron chi connectivity index (χ1n) is 5.70. The second kappa shape index (κ2) is 4.45. The molecule has 1 nitrogen and oxygen atoms in total. The SMILES string of the molecule is CC1CNCCC1CCC(C)(C)C. The van der Waals surface area contributed by atoms with Gasteiger partial charge in [0.1, 0.15) is 0 Å². The van der Waals surface area contributed by atoms with Gasteiger partial charge in [-0.15, -0.1) is 0 Å². The molecule has 13 heavy (non-hydrogen) atoms. The van der Waals surface area contributed by atoms with Crippen LogP contribution in [0.4, 0.5) is 0 Å². The topological polar surface area (TPSA) is 12.0 Å². The minimum atomic E-state index is 0.518. The first-order valence-corrected chi connectivity index (χ1v) is 5.70. The summed E-state index contributed by atoms with van der Waals surface area (Å²) in [6.45, 7) is 11.9. The second-order valence-electron chi connectivity index (χ2n) is 5.83. The van der Waals surface area contributed by atoms with Crippen LogP contribution >= 0.6 is 0 Å². The fourth-order valence-electron chi connectivity index (χ4n) is 2.12. The molecule has 0 aromatic rings. The maximum atomic E-state index is 3.46. The molecule has 2 unspecified atom stereocenters. The van der Waals surface area contributed by atoms with Crippen molar-refractivity contribution in [2.75, 3.05) is 13.1 Å². The molecule has 1 aliphatic rings. The van der Waals surface area contributed by atoms with Gasteiger partial charge in [0.05, 0.1) is 0 Å². The highest BCUT2D eigenvalue weighted by Crippen LogP contribution is 2.29. The second-order valence-corrected chi connectivity index (χ2v) is 5.83. The molecule has 1 rings (SSSR count). The molecule has 0 aromatic heterocycles. The number of nitrogens with one attached hydrogen (secondary N) is 1. The molecule has 1 heterocycles. The van der Waals surface area contributed by atoms with E-state index in [0.717, 1.165) is 11.8 Å². The molecule has 2 atom stereocenters. The van der Waals surface area contributed by atoms with Crippen LogP contribution in [0.2, 0.25) is 0 Å². The van der Waals surface area contributed by atoms with Crippen LogP contribution in [-0.2, 0) is 0 Å². The standard InChI is InChI=1S/C12H25N/c1-10-9-13-8-6-11(10)5-7-12(2,3)4/h10-11,13H,5-9H2,1-4H3. The highest BCUT2D eigenvalue weighted by Gasteiger charge is 2.22. The molecule has 0 aromatic carbocycles. The number of hydrogen-bond donors (Lipinski definition) is 1. The molecule has 0 radical (unpaired) electrons. The fourth-order valence-corrected chi connectivity index (χ4v) is 2.12. The normalized spacial score (nSPS) is 30.5. The fraction of sp³-hybridized carbons (Fsp3) is 1.00. The van der Waals surface area contributed by atoms with E-state index in [-0.39, 0.29) is 0 Å². The Labute approximate surface area is 83.3 Å². The molecule has 0 bridgehead atoms. The summed E-state index contributed by atoms with van der Waals surface area (Å²) in [6, 6.07) is 0. The zero-order chi connectivity index (χ0) is 9.90. The molecule has 78 valence electrons. The largest absolute Gasteiger partial charge is 0.316 e. The van der Waals surface area contributed by atoms with Crippen LogP contribution in [0.5, 0.6) is 0 Å². The minimum absolute atomic E-state index is 0.518. The van der Waals surface area contributed by atoms with Crippen LogP contribution in [0.1, 0.15) is 47.0 Å². The zero-order valence-electron chi connectivity index (χ0n) is 9.69. The Morgan fingerprint density at radius 2 is 2.00 bits per heavy atom. The van der Waals surface area contributed by atoms with Crippen molar-refractivity contribution in [2.45, 2.75) is 47.0 Å². The van der Waals surface area contributed by atoms with Gasteiger partial charge >= 0.3 is 0 Å². The Morgan fingerprint density at radius 3 is 2.54 bits per heavy atom. The van der Waals surface area contributed by atoms with Crippen LogP contribution in [0.25, 0.3) is 0 Å². The number of hydrogen-bond acceptors (Lipinski definition) is 1. The van der Waals surface area contributed by atoms with Gasteiger partial charge in [0.2, 0.25) is 0 Å². The molecular formula is C12H25N. The van der Waals surface area contributed by atoms with Gasteiger partial charge in [-0.1, -0.05) is 27.7 Å². The molecule has 1 heteroatoms. The van der Waals surface area contributed by atoms with E-state index in [4.69, 9.17) is 0 Å². The highest BCUT2D eigenvalue weighted by molar-refractivity contribution is 4.76. The van der Waals surface area contributed by atoms with Crippen molar-refractivity contribution < 1.29 is 0 Å². The van der Waals surface area contributed by atoms with E-state index in [1.54, 1.807) is 0 Å². The quantitative estimate of drug-likeness (QED) is 0.694. The van der Waals surface area contributed by atoms with Gasteiger partial charge in [0.15, 0.2) is 0 Å². The Kier molecular flexibility index (Phi) is 3.78. The summed E-state index contributed by atoms with van der Waals surface area (Å²) < 4.78 is 0. The molecular weight excluding hydrogens is 158 g/mol. The lowest BCUT2D eigenvalue weighted by Crippen LogP contribution is -2.35. The summed E-state index contributed by atoms with van der Waals surface area (Å²) in [7, 11) is 0. The van der Waals surface area contributed by atoms with Gasteiger partial charge in [-0.25, -0.2) is 0 Å². The van der Waals surface area contributed by atoms with Gasteiger partial charge in [-0.05, 0) is 49.6 Å². The monoisotopic (exact) mass is 183 g/mol. The lowest BCUT2D eigenvalue weighted by atomic mass is 9.79. The van der Waals surface area contributed by atoms with Gasteiger partial charge in [-0.2, -0.15) is 0 Å². The predicted molar refractivity (Wildman–Crippen MR) is 58.8 cm³/mol. The smallest absolute Gasteiger partial charge is 0.00205 e. The van der Waals surface area contributed by atoms with Gasteiger partial charge in [-0.3, -0.25) is 0 Å². The van der Waals surface area contributed by atoms with E-state index in [0.29, 0.717) is 5.41 Å². The maximum absolute atomic E-state index is 3.46. The molecule has 1 fully saturated rings. The van der Waals surface area contributed by atoms with E-state index in [9.17, 15) is 0 Å². The summed E-state index contributed by atoms with van der Waals surface area (Å²) in [6.07, 6.45) is 4.19. The Morgan fingerprint density at radius 1 is 1.31 bits per heavy atom. The van der Waals surface area contributed by atoms with Crippen molar-refractivity contribution in [3.8, 4) is 0 Å². The lowest BCUT2D eigenvalue weighted by Gasteiger charge is -2.31. The molecule has 0 aliphatic carbocycles. The average molecular weight is 183 g/mol. The van der Waals surface area contributed by atoms with E-state index in [1.165, 1.54) is 32.4 Å². The lowest BCUT2D eigenvalue weighted by molar-refractivity contribution is 0.223. The molecule has 1 aliphatic heterocycles. The van der Waals surface area contributed by atoms with Crippen LogP contribution < -0.4 is 5.32 Å². The number of rotatable bonds is 2. The minimum Gasteiger partial charge on any atom is -0.316 e. The van der Waals surface area contributed by atoms with E-state index < -0.39 is 0 Å². The average Bonchev–Trinajstić information content (AvgIpc) is 2.01. The van der Waals surface area contributed by atoms with Gasteiger partial charge in [0, 0.05) is 0 Å². The van der Waals surface area contributed by atoms with Crippen LogP contribution in [-0.4, -0.2) is 13.1 Å². The molecule has 0 amide bonds. The Bertz CT molecular complexity index is 146. The molecule has 0 spiro atoms. The van der Waals surface area contributed by atoms with Gasteiger partial charge in [0.25, 0.3) is 0 Å².